The van der Waals surface area contributed by atoms with Crippen LogP contribution in [0.15, 0.2) is 30.3 Å². The highest BCUT2D eigenvalue weighted by Gasteiger charge is 2.10. The Morgan fingerprint density at radius 3 is 2.37 bits per heavy atom. The summed E-state index contributed by atoms with van der Waals surface area (Å²) in [4.78, 5) is 0. The Morgan fingerprint density at radius 1 is 1.16 bits per heavy atom. The highest BCUT2D eigenvalue weighted by atomic mass is 35.5. The largest absolute Gasteiger partial charge is 0.455 e. The van der Waals surface area contributed by atoms with Crippen molar-refractivity contribution in [3.8, 4) is 17.6 Å². The van der Waals surface area contributed by atoms with Gasteiger partial charge in [0.05, 0.1) is 5.56 Å². The molecular formula is C15H13ClN2O. The van der Waals surface area contributed by atoms with Crippen molar-refractivity contribution in [1.29, 1.82) is 5.26 Å². The molecule has 0 spiro atoms. The van der Waals surface area contributed by atoms with Crippen LogP contribution in [-0.2, 0) is 0 Å². The summed E-state index contributed by atoms with van der Waals surface area (Å²) in [5.41, 5.74) is 8.44. The molecule has 19 heavy (non-hydrogen) atoms. The average molecular weight is 273 g/mol. The van der Waals surface area contributed by atoms with Gasteiger partial charge in [-0.05, 0) is 55.3 Å². The van der Waals surface area contributed by atoms with E-state index in [1.165, 1.54) is 0 Å². The number of rotatable bonds is 2. The van der Waals surface area contributed by atoms with Crippen molar-refractivity contribution in [3.05, 3.63) is 52.0 Å². The second kappa shape index (κ2) is 5.21. The lowest BCUT2D eigenvalue weighted by molar-refractivity contribution is 0.473. The number of nitriles is 1. The molecule has 2 N–H and O–H groups in total. The molecule has 0 saturated carbocycles. The maximum atomic E-state index is 9.10. The van der Waals surface area contributed by atoms with E-state index in [0.717, 1.165) is 11.1 Å². The van der Waals surface area contributed by atoms with Crippen LogP contribution in [-0.4, -0.2) is 0 Å². The summed E-state index contributed by atoms with van der Waals surface area (Å²) in [6.07, 6.45) is 0. The van der Waals surface area contributed by atoms with Gasteiger partial charge in [-0.25, -0.2) is 0 Å². The van der Waals surface area contributed by atoms with Crippen LogP contribution >= 0.6 is 11.6 Å². The third-order valence-electron chi connectivity index (χ3n) is 2.76. The predicted octanol–water partition coefficient (Wildman–Crippen LogP) is 4.20. The molecule has 0 heterocycles. The maximum absolute atomic E-state index is 9.10. The Morgan fingerprint density at radius 2 is 1.79 bits per heavy atom. The summed E-state index contributed by atoms with van der Waals surface area (Å²) >= 11 is 5.98. The molecule has 0 bridgehead atoms. The molecule has 0 radical (unpaired) electrons. The van der Waals surface area contributed by atoms with Gasteiger partial charge in [-0.2, -0.15) is 5.26 Å². The van der Waals surface area contributed by atoms with Gasteiger partial charge in [0.1, 0.15) is 17.6 Å². The molecule has 96 valence electrons. The van der Waals surface area contributed by atoms with Crippen LogP contribution in [0.2, 0.25) is 5.02 Å². The summed E-state index contributed by atoms with van der Waals surface area (Å²) in [7, 11) is 0. The number of ether oxygens (including phenoxy) is 1. The standard InChI is InChI=1S/C15H13ClN2O/c1-9-5-12(16)6-10(2)15(9)19-14-4-3-13(18)7-11(14)8-17/h3-7H,18H2,1-2H3. The third-order valence-corrected chi connectivity index (χ3v) is 2.98. The summed E-state index contributed by atoms with van der Waals surface area (Å²) < 4.78 is 5.84. The average Bonchev–Trinajstić information content (AvgIpc) is 2.35. The van der Waals surface area contributed by atoms with Crippen molar-refractivity contribution in [2.75, 3.05) is 5.73 Å². The minimum Gasteiger partial charge on any atom is -0.455 e. The van der Waals surface area contributed by atoms with E-state index in [1.54, 1.807) is 18.2 Å². The quantitative estimate of drug-likeness (QED) is 0.834. The molecule has 0 amide bonds. The van der Waals surface area contributed by atoms with Gasteiger partial charge in [-0.3, -0.25) is 0 Å². The number of nitrogen functional groups attached to an aromatic ring is 1. The fourth-order valence-corrected chi connectivity index (χ4v) is 2.22. The molecule has 0 aliphatic rings. The Hall–Kier alpha value is -2.18. The van der Waals surface area contributed by atoms with Gasteiger partial charge in [-0.1, -0.05) is 11.6 Å². The Bertz CT molecular complexity index is 651. The molecule has 2 aromatic carbocycles. The Kier molecular flexibility index (Phi) is 3.64. The van der Waals surface area contributed by atoms with E-state index in [9.17, 15) is 0 Å². The van der Waals surface area contributed by atoms with E-state index in [-0.39, 0.29) is 0 Å². The minimum atomic E-state index is 0.411. The molecule has 0 fully saturated rings. The first-order chi connectivity index (χ1) is 9.01. The number of halogens is 1. The van der Waals surface area contributed by atoms with Crippen molar-refractivity contribution in [2.24, 2.45) is 0 Å². The molecule has 4 heteroatoms. The first-order valence-electron chi connectivity index (χ1n) is 5.75. The molecule has 0 unspecified atom stereocenters. The number of hydrogen-bond acceptors (Lipinski definition) is 3. The van der Waals surface area contributed by atoms with Crippen molar-refractivity contribution in [2.45, 2.75) is 13.8 Å². The second-order valence-corrected chi connectivity index (χ2v) is 4.77. The first-order valence-corrected chi connectivity index (χ1v) is 6.13. The minimum absolute atomic E-state index is 0.411. The zero-order chi connectivity index (χ0) is 14.0. The Labute approximate surface area is 117 Å². The van der Waals surface area contributed by atoms with E-state index in [4.69, 9.17) is 27.3 Å². The monoisotopic (exact) mass is 272 g/mol. The number of hydrogen-bond donors (Lipinski definition) is 1. The number of nitrogens with two attached hydrogens (primary N) is 1. The van der Waals surface area contributed by atoms with Gasteiger partial charge in [-0.15, -0.1) is 0 Å². The highest BCUT2D eigenvalue weighted by molar-refractivity contribution is 6.30. The lowest BCUT2D eigenvalue weighted by atomic mass is 10.1. The van der Waals surface area contributed by atoms with E-state index in [0.29, 0.717) is 27.8 Å². The lowest BCUT2D eigenvalue weighted by Crippen LogP contribution is -1.95. The van der Waals surface area contributed by atoms with E-state index < -0.39 is 0 Å². The van der Waals surface area contributed by atoms with Gasteiger partial charge >= 0.3 is 0 Å². The van der Waals surface area contributed by atoms with Crippen LogP contribution in [0.25, 0.3) is 0 Å². The smallest absolute Gasteiger partial charge is 0.145 e. The summed E-state index contributed by atoms with van der Waals surface area (Å²) in [5, 5.41) is 9.76. The molecule has 0 aliphatic carbocycles. The Balaban J connectivity index is 2.45. The van der Waals surface area contributed by atoms with Crippen LogP contribution < -0.4 is 10.5 Å². The van der Waals surface area contributed by atoms with Crippen molar-refractivity contribution < 1.29 is 4.74 Å². The number of nitrogens with zero attached hydrogens (tertiary/aromatic N) is 1. The van der Waals surface area contributed by atoms with Crippen molar-refractivity contribution >= 4 is 17.3 Å². The van der Waals surface area contributed by atoms with Crippen molar-refractivity contribution in [3.63, 3.8) is 0 Å². The molecule has 3 nitrogen and oxygen atoms in total. The van der Waals surface area contributed by atoms with Gasteiger partial charge in [0.25, 0.3) is 0 Å². The predicted molar refractivity (Wildman–Crippen MR) is 76.6 cm³/mol. The first kappa shape index (κ1) is 13.3. The summed E-state index contributed by atoms with van der Waals surface area (Å²) in [5.74, 6) is 1.20. The number of benzene rings is 2. The summed E-state index contributed by atoms with van der Waals surface area (Å²) in [6, 6.07) is 10.7. The SMILES string of the molecule is Cc1cc(Cl)cc(C)c1Oc1ccc(N)cc1C#N. The topological polar surface area (TPSA) is 59.0 Å². The molecular weight excluding hydrogens is 260 g/mol. The van der Waals surface area contributed by atoms with Crippen LogP contribution in [0.1, 0.15) is 16.7 Å². The molecule has 0 atom stereocenters. The normalized spacial score (nSPS) is 10.0. The fourth-order valence-electron chi connectivity index (χ4n) is 1.89. The van der Waals surface area contributed by atoms with E-state index in [1.807, 2.05) is 26.0 Å². The molecule has 0 saturated heterocycles. The van der Waals surface area contributed by atoms with Crippen LogP contribution in [0.4, 0.5) is 5.69 Å². The van der Waals surface area contributed by atoms with Crippen LogP contribution in [0.5, 0.6) is 11.5 Å². The van der Waals surface area contributed by atoms with Gasteiger partial charge in [0, 0.05) is 10.7 Å². The van der Waals surface area contributed by atoms with Crippen LogP contribution in [0.3, 0.4) is 0 Å². The van der Waals surface area contributed by atoms with Crippen LogP contribution in [0, 0.1) is 25.2 Å². The van der Waals surface area contributed by atoms with Gasteiger partial charge in [0.15, 0.2) is 0 Å². The van der Waals surface area contributed by atoms with Gasteiger partial charge < -0.3 is 10.5 Å². The molecule has 2 aromatic rings. The van der Waals surface area contributed by atoms with Gasteiger partial charge in [0.2, 0.25) is 0 Å². The molecule has 2 rings (SSSR count). The highest BCUT2D eigenvalue weighted by Crippen LogP contribution is 2.33. The lowest BCUT2D eigenvalue weighted by Gasteiger charge is -2.13. The molecule has 0 aromatic heterocycles. The molecule has 0 aliphatic heterocycles. The van der Waals surface area contributed by atoms with Crippen molar-refractivity contribution in [1.82, 2.24) is 0 Å². The number of anilines is 1. The number of aryl methyl sites for hydroxylation is 2. The van der Waals surface area contributed by atoms with E-state index in [2.05, 4.69) is 6.07 Å². The zero-order valence-electron chi connectivity index (χ0n) is 10.7. The third kappa shape index (κ3) is 2.81. The zero-order valence-corrected chi connectivity index (χ0v) is 11.5. The summed E-state index contributed by atoms with van der Waals surface area (Å²) in [6.45, 7) is 3.83. The van der Waals surface area contributed by atoms with E-state index >= 15 is 0 Å². The maximum Gasteiger partial charge on any atom is 0.145 e. The second-order valence-electron chi connectivity index (χ2n) is 4.34. The fraction of sp³-hybridized carbons (Fsp3) is 0.133.